The van der Waals surface area contributed by atoms with E-state index in [0.717, 1.165) is 43.4 Å². The summed E-state index contributed by atoms with van der Waals surface area (Å²) in [6.07, 6.45) is 10.9. The summed E-state index contributed by atoms with van der Waals surface area (Å²) in [5.41, 5.74) is 1.95. The molecule has 0 aromatic carbocycles. The van der Waals surface area contributed by atoms with Crippen molar-refractivity contribution in [2.24, 2.45) is 34.5 Å². The van der Waals surface area contributed by atoms with Gasteiger partial charge in [-0.2, -0.15) is 0 Å². The van der Waals surface area contributed by atoms with Crippen molar-refractivity contribution in [1.29, 1.82) is 0 Å². The van der Waals surface area contributed by atoms with Crippen LogP contribution in [-0.2, 0) is 9.59 Å². The molecule has 0 spiro atoms. The summed E-state index contributed by atoms with van der Waals surface area (Å²) in [5, 5.41) is 0. The van der Waals surface area contributed by atoms with Gasteiger partial charge in [0.15, 0.2) is 5.78 Å². The second-order valence-corrected chi connectivity index (χ2v) is 9.25. The van der Waals surface area contributed by atoms with Crippen LogP contribution in [0.3, 0.4) is 0 Å². The highest BCUT2D eigenvalue weighted by molar-refractivity contribution is 5.91. The second-order valence-electron chi connectivity index (χ2n) is 9.25. The van der Waals surface area contributed by atoms with Crippen LogP contribution in [0, 0.1) is 34.5 Å². The number of allylic oxidation sites excluding steroid dienone is 1. The summed E-state index contributed by atoms with van der Waals surface area (Å²) in [4.78, 5) is 24.0. The van der Waals surface area contributed by atoms with Crippen LogP contribution in [0.25, 0.3) is 0 Å². The van der Waals surface area contributed by atoms with Gasteiger partial charge >= 0.3 is 0 Å². The third-order valence-corrected chi connectivity index (χ3v) is 8.45. The Kier molecular flexibility index (Phi) is 3.42. The minimum atomic E-state index is 0.245. The summed E-state index contributed by atoms with van der Waals surface area (Å²) in [6.45, 7) is 6.65. The van der Waals surface area contributed by atoms with Crippen LogP contribution in [0.5, 0.6) is 0 Å². The third kappa shape index (κ3) is 2.06. The van der Waals surface area contributed by atoms with Gasteiger partial charge < -0.3 is 0 Å². The van der Waals surface area contributed by atoms with E-state index in [4.69, 9.17) is 0 Å². The van der Waals surface area contributed by atoms with Crippen LogP contribution < -0.4 is 0 Å². The minimum Gasteiger partial charge on any atom is -0.300 e. The molecule has 0 aromatic rings. The molecule has 0 heterocycles. The van der Waals surface area contributed by atoms with E-state index in [1.807, 2.05) is 6.08 Å². The monoisotopic (exact) mass is 314 g/mol. The number of Topliss-reactive ketones (excluding diaryl/α,β-unsaturated/α-hetero) is 1. The van der Waals surface area contributed by atoms with E-state index >= 15 is 0 Å². The number of hydrogen-bond acceptors (Lipinski definition) is 2. The highest BCUT2D eigenvalue weighted by Crippen LogP contribution is 2.66. The number of carbonyl (C=O) groups is 2. The average Bonchev–Trinajstić information content (AvgIpc) is 2.85. The summed E-state index contributed by atoms with van der Waals surface area (Å²) >= 11 is 0. The number of ketones is 2. The van der Waals surface area contributed by atoms with E-state index in [0.29, 0.717) is 17.5 Å². The van der Waals surface area contributed by atoms with Gasteiger partial charge in [-0.3, -0.25) is 9.59 Å². The van der Waals surface area contributed by atoms with Crippen molar-refractivity contribution < 1.29 is 9.59 Å². The molecule has 0 N–H and O–H groups in total. The Morgan fingerprint density at radius 1 is 1.04 bits per heavy atom. The molecule has 126 valence electrons. The zero-order valence-corrected chi connectivity index (χ0v) is 14.9. The number of fused-ring (bicyclic) bond motifs is 5. The third-order valence-electron chi connectivity index (χ3n) is 8.45. The predicted octanol–water partition coefficient (Wildman–Crippen LogP) is 4.72. The molecule has 1 unspecified atom stereocenters. The molecule has 0 amide bonds. The fourth-order valence-corrected chi connectivity index (χ4v) is 7.23. The lowest BCUT2D eigenvalue weighted by atomic mass is 9.47. The van der Waals surface area contributed by atoms with Gasteiger partial charge in [-0.1, -0.05) is 19.4 Å². The maximum absolute atomic E-state index is 12.1. The molecule has 3 fully saturated rings. The molecule has 0 saturated heterocycles. The van der Waals surface area contributed by atoms with Crippen LogP contribution in [-0.4, -0.2) is 11.6 Å². The standard InChI is InChI=1S/C21H30O2/c1-13(22)17-6-7-18-16-5-4-14-12-15(23)8-10-20(14,2)19(16)9-11-21(17,18)3/h12,16-19H,4-11H2,1-3H3/t16-,17+,18-,19-,20?,21+/m0/s1. The van der Waals surface area contributed by atoms with E-state index in [-0.39, 0.29) is 10.8 Å². The summed E-state index contributed by atoms with van der Waals surface area (Å²) in [6, 6.07) is 0. The molecular formula is C21H30O2. The van der Waals surface area contributed by atoms with Gasteiger partial charge in [0.25, 0.3) is 0 Å². The lowest BCUT2D eigenvalue weighted by molar-refractivity contribution is -0.128. The lowest BCUT2D eigenvalue weighted by Crippen LogP contribution is -2.51. The molecule has 0 aliphatic heterocycles. The molecule has 2 nitrogen and oxygen atoms in total. The van der Waals surface area contributed by atoms with Crippen molar-refractivity contribution in [3.8, 4) is 0 Å². The van der Waals surface area contributed by atoms with Crippen LogP contribution in [0.1, 0.15) is 72.1 Å². The van der Waals surface area contributed by atoms with Crippen molar-refractivity contribution >= 4 is 11.6 Å². The Morgan fingerprint density at radius 2 is 1.83 bits per heavy atom. The first kappa shape index (κ1) is 15.6. The quantitative estimate of drug-likeness (QED) is 0.701. The zero-order valence-electron chi connectivity index (χ0n) is 14.9. The largest absolute Gasteiger partial charge is 0.300 e. The number of rotatable bonds is 1. The Hall–Kier alpha value is -0.920. The van der Waals surface area contributed by atoms with Gasteiger partial charge in [0.2, 0.25) is 0 Å². The highest BCUT2D eigenvalue weighted by Gasteiger charge is 2.59. The highest BCUT2D eigenvalue weighted by atomic mass is 16.1. The summed E-state index contributed by atoms with van der Waals surface area (Å²) in [5.74, 6) is 3.29. The first-order chi connectivity index (χ1) is 10.9. The Balaban J connectivity index is 1.67. The van der Waals surface area contributed by atoms with Crippen molar-refractivity contribution in [1.82, 2.24) is 0 Å². The van der Waals surface area contributed by atoms with Gasteiger partial charge in [0, 0.05) is 12.3 Å². The van der Waals surface area contributed by atoms with Gasteiger partial charge in [0.05, 0.1) is 0 Å². The normalized spacial score (nSPS) is 49.0. The lowest BCUT2D eigenvalue weighted by Gasteiger charge is -2.58. The van der Waals surface area contributed by atoms with Crippen LogP contribution >= 0.6 is 0 Å². The van der Waals surface area contributed by atoms with Crippen LogP contribution in [0.15, 0.2) is 11.6 Å². The van der Waals surface area contributed by atoms with Gasteiger partial charge in [-0.05, 0) is 86.5 Å². The molecule has 4 rings (SSSR count). The van der Waals surface area contributed by atoms with E-state index in [9.17, 15) is 9.59 Å². The topological polar surface area (TPSA) is 34.1 Å². The molecular weight excluding hydrogens is 284 g/mol. The minimum absolute atomic E-state index is 0.245. The van der Waals surface area contributed by atoms with Crippen LogP contribution in [0.4, 0.5) is 0 Å². The molecule has 0 radical (unpaired) electrons. The molecule has 6 atom stereocenters. The molecule has 0 aromatic heterocycles. The molecule has 4 aliphatic rings. The number of hydrogen-bond donors (Lipinski definition) is 0. The van der Waals surface area contributed by atoms with E-state index in [2.05, 4.69) is 13.8 Å². The fourth-order valence-electron chi connectivity index (χ4n) is 7.23. The Bertz CT molecular complexity index is 589. The first-order valence-corrected chi connectivity index (χ1v) is 9.60. The summed E-state index contributed by atoms with van der Waals surface area (Å²) < 4.78 is 0. The van der Waals surface area contributed by atoms with Gasteiger partial charge in [-0.15, -0.1) is 0 Å². The fraction of sp³-hybridized carbons (Fsp3) is 0.810. The van der Waals surface area contributed by atoms with Crippen molar-refractivity contribution in [3.63, 3.8) is 0 Å². The molecule has 4 aliphatic carbocycles. The Labute approximate surface area is 140 Å². The van der Waals surface area contributed by atoms with E-state index in [1.165, 1.54) is 31.3 Å². The molecule has 2 heteroatoms. The maximum atomic E-state index is 12.1. The molecule has 0 bridgehead atoms. The summed E-state index contributed by atoms with van der Waals surface area (Å²) in [7, 11) is 0. The zero-order chi connectivity index (χ0) is 16.4. The van der Waals surface area contributed by atoms with Crippen LogP contribution in [0.2, 0.25) is 0 Å². The Morgan fingerprint density at radius 3 is 2.57 bits per heavy atom. The smallest absolute Gasteiger partial charge is 0.155 e. The molecule has 3 saturated carbocycles. The van der Waals surface area contributed by atoms with Crippen molar-refractivity contribution in [3.05, 3.63) is 11.6 Å². The second kappa shape index (κ2) is 5.04. The van der Waals surface area contributed by atoms with E-state index < -0.39 is 0 Å². The number of carbonyl (C=O) groups excluding carboxylic acids is 2. The molecule has 23 heavy (non-hydrogen) atoms. The maximum Gasteiger partial charge on any atom is 0.155 e. The SMILES string of the molecule is CC(=O)[C@H]1CC[C@H]2[C@@H]3CCC4=CC(=O)CCC4(C)[C@H]3CC[C@]12C. The predicted molar refractivity (Wildman–Crippen MR) is 90.9 cm³/mol. The van der Waals surface area contributed by atoms with Crippen molar-refractivity contribution in [2.75, 3.05) is 0 Å². The van der Waals surface area contributed by atoms with Gasteiger partial charge in [-0.25, -0.2) is 0 Å². The van der Waals surface area contributed by atoms with Gasteiger partial charge in [0.1, 0.15) is 5.78 Å². The first-order valence-electron chi connectivity index (χ1n) is 9.60. The average molecular weight is 314 g/mol. The van der Waals surface area contributed by atoms with E-state index in [1.54, 1.807) is 6.92 Å². The van der Waals surface area contributed by atoms with Crippen molar-refractivity contribution in [2.45, 2.75) is 72.1 Å².